The summed E-state index contributed by atoms with van der Waals surface area (Å²) in [4.78, 5) is 47.8. The number of hydrogen-bond acceptors (Lipinski definition) is 14. The van der Waals surface area contributed by atoms with E-state index in [1.807, 2.05) is 136 Å². The average Bonchev–Trinajstić information content (AvgIpc) is 1.53. The number of imidazole rings is 2. The molecule has 4 N–H and O–H groups in total. The fraction of sp³-hybridized carbons (Fsp3) is 0.339. The second-order valence-electron chi connectivity index (χ2n) is 40.3. The van der Waals surface area contributed by atoms with Crippen LogP contribution in [-0.4, -0.2) is 128 Å². The summed E-state index contributed by atoms with van der Waals surface area (Å²) in [5.74, 6) is 4.65. The van der Waals surface area contributed by atoms with E-state index in [0.29, 0.717) is 46.4 Å². The minimum atomic E-state index is -0.158. The molecule has 15 aromatic rings. The van der Waals surface area contributed by atoms with Gasteiger partial charge in [-0.1, -0.05) is 230 Å². The lowest BCUT2D eigenvalue weighted by Gasteiger charge is -2.39. The van der Waals surface area contributed by atoms with Crippen molar-refractivity contribution in [3.8, 4) is 141 Å². The number of phenolic OH excluding ortho intramolecular Hbond substituents is 3. The number of nitrogens with one attached hydrogen (secondary N) is 1. The number of carbonyl (C=O) groups is 1. The maximum absolute atomic E-state index is 15.0. The zero-order chi connectivity index (χ0) is 97.9. The number of hydrogen-bond donors (Lipinski definition) is 4. The Balaban J connectivity index is 0.000000146. The maximum Gasteiger partial charge on any atom is 0.264 e. The number of phenols is 3. The highest BCUT2D eigenvalue weighted by molar-refractivity contribution is 6.03. The van der Waals surface area contributed by atoms with E-state index >= 15 is 4.79 Å². The molecule has 3 aromatic heterocycles. The Bertz CT molecular complexity index is 6380. The summed E-state index contributed by atoms with van der Waals surface area (Å²) < 4.78 is 8.57. The Hall–Kier alpha value is -13.9. The van der Waals surface area contributed by atoms with E-state index in [9.17, 15) is 15.3 Å². The first kappa shape index (κ1) is 97.8. The SMILES string of the molecule is CCN(CC)c1ccc(-c2nc(-c3cc(-c4ccccc4)c(O)c(-c4ccccc4)c3)oc2-c2ccc(N(CC)CC)cc2)cc1.CN(C)c1ccc(-c2nc(-c3cc(C4(C)CCCCC4)c(O)c(C4(C)CCCCC4)c3)n(C(=O)c3ccccc3)c2-c2ccc(N(C)C)cc2)cc1.CN(C)c1ccc(-c2nc(-c3cc(C4CCCCC4)c(O)c(C4CCCCC4)c3)[nH]c2-c2ccc(N(C)C)cc2)cc1. The number of anilines is 6. The van der Waals surface area contributed by atoms with Crippen LogP contribution in [0.4, 0.5) is 34.1 Å². The van der Waals surface area contributed by atoms with Crippen molar-refractivity contribution in [2.45, 2.75) is 193 Å². The summed E-state index contributed by atoms with van der Waals surface area (Å²) in [6.07, 6.45) is 23.4. The van der Waals surface area contributed by atoms with Crippen LogP contribution < -0.4 is 29.4 Å². The van der Waals surface area contributed by atoms with E-state index in [4.69, 9.17) is 19.4 Å². The van der Waals surface area contributed by atoms with E-state index in [1.54, 1.807) is 0 Å². The first-order valence-electron chi connectivity index (χ1n) is 51.3. The van der Waals surface area contributed by atoms with E-state index < -0.39 is 0 Å². The molecule has 16 heteroatoms. The van der Waals surface area contributed by atoms with Gasteiger partial charge in [-0.3, -0.25) is 9.36 Å². The van der Waals surface area contributed by atoms with Gasteiger partial charge in [-0.05, 0) is 257 Å². The molecule has 4 aliphatic carbocycles. The molecule has 0 amide bonds. The third-order valence-electron chi connectivity index (χ3n) is 30.2. The van der Waals surface area contributed by atoms with Gasteiger partial charge < -0.3 is 54.1 Å². The second kappa shape index (κ2) is 43.7. The summed E-state index contributed by atoms with van der Waals surface area (Å²) in [6.45, 7) is 17.1. The van der Waals surface area contributed by atoms with Crippen molar-refractivity contribution in [3.63, 3.8) is 0 Å². The van der Waals surface area contributed by atoms with Crippen molar-refractivity contribution >= 4 is 40.0 Å². The highest BCUT2D eigenvalue weighted by Gasteiger charge is 2.40. The second-order valence-corrected chi connectivity index (χ2v) is 40.3. The van der Waals surface area contributed by atoms with Gasteiger partial charge in [0.25, 0.3) is 5.91 Å². The third-order valence-corrected chi connectivity index (χ3v) is 30.2. The number of aromatic amines is 1. The van der Waals surface area contributed by atoms with Gasteiger partial charge in [0, 0.05) is 195 Å². The van der Waals surface area contributed by atoms with Crippen LogP contribution >= 0.6 is 0 Å². The quantitative estimate of drug-likeness (QED) is 0.0404. The molecule has 0 aliphatic heterocycles. The van der Waals surface area contributed by atoms with Gasteiger partial charge in [0.2, 0.25) is 5.89 Å². The fourth-order valence-electron chi connectivity index (χ4n) is 21.8. The van der Waals surface area contributed by atoms with Crippen LogP contribution in [0, 0.1) is 0 Å². The number of aromatic hydroxyl groups is 3. The molecule has 0 spiro atoms. The summed E-state index contributed by atoms with van der Waals surface area (Å²) in [6, 6.07) is 93.5. The zero-order valence-corrected chi connectivity index (χ0v) is 84.7. The highest BCUT2D eigenvalue weighted by Crippen LogP contribution is 2.54. The Morgan fingerprint density at radius 1 is 0.357 bits per heavy atom. The van der Waals surface area contributed by atoms with Gasteiger partial charge in [-0.2, -0.15) is 0 Å². The molecular weight excluding hydrogens is 1720 g/mol. The fourth-order valence-corrected chi connectivity index (χ4v) is 21.8. The molecule has 0 atom stereocenters. The molecule has 0 unspecified atom stereocenters. The van der Waals surface area contributed by atoms with Gasteiger partial charge in [0.15, 0.2) is 5.76 Å². The van der Waals surface area contributed by atoms with Gasteiger partial charge in [0.05, 0.1) is 22.8 Å². The van der Waals surface area contributed by atoms with Crippen molar-refractivity contribution in [2.24, 2.45) is 0 Å². The van der Waals surface area contributed by atoms with Crippen molar-refractivity contribution in [1.82, 2.24) is 24.5 Å². The van der Waals surface area contributed by atoms with E-state index in [1.165, 1.54) is 74.1 Å². The number of carbonyl (C=O) groups excluding carboxylic acids is 1. The number of rotatable bonds is 26. The van der Waals surface area contributed by atoms with Crippen LogP contribution in [0.3, 0.4) is 0 Å². The molecule has 0 radical (unpaired) electrons. The van der Waals surface area contributed by atoms with Gasteiger partial charge in [0.1, 0.15) is 34.6 Å². The molecule has 722 valence electrons. The lowest BCUT2D eigenvalue weighted by atomic mass is 9.66. The third kappa shape index (κ3) is 21.2. The zero-order valence-electron chi connectivity index (χ0n) is 84.7. The molecule has 0 saturated heterocycles. The molecule has 3 heterocycles. The van der Waals surface area contributed by atoms with Crippen molar-refractivity contribution < 1.29 is 24.5 Å². The summed E-state index contributed by atoms with van der Waals surface area (Å²) >= 11 is 0. The number of aromatic nitrogens is 5. The van der Waals surface area contributed by atoms with E-state index in [2.05, 4.69) is 274 Å². The smallest absolute Gasteiger partial charge is 0.264 e. The largest absolute Gasteiger partial charge is 0.507 e. The summed E-state index contributed by atoms with van der Waals surface area (Å²) in [5, 5.41) is 35.5. The molecular formula is C124H141N11O5. The van der Waals surface area contributed by atoms with Crippen LogP contribution in [0.2, 0.25) is 0 Å². The predicted octanol–water partition coefficient (Wildman–Crippen LogP) is 30.6. The first-order chi connectivity index (χ1) is 67.9. The van der Waals surface area contributed by atoms with Crippen LogP contribution in [0.15, 0.2) is 277 Å². The molecule has 140 heavy (non-hydrogen) atoms. The van der Waals surface area contributed by atoms with E-state index in [0.717, 1.165) is 243 Å². The number of benzene rings is 12. The monoisotopic (exact) mass is 1860 g/mol. The topological polar surface area (TPSA) is 170 Å². The number of nitrogens with zero attached hydrogens (tertiary/aromatic N) is 10. The standard InChI is InChI=1S/C46H54N4O2.C41H41N3O2.C37H46N4O/c1-45(26-12-8-13-27-45)38-30-35(31-39(42(38)51)46(2)28-14-9-15-29-46)43-47-40(32-18-22-36(23-19-32)48(3)4)41(33-20-24-37(25-21-33)49(5)6)50(43)44(52)34-16-10-7-11-17-34;1-5-43(6-2)34-23-19-31(20-24-34)38-40(32-21-25-35(26-22-32)44(7-3)8-4)46-41(42-38)33-27-36(29-15-11-9-12-16-29)39(45)37(28-33)30-17-13-10-14-18-30;1-40(2)30-19-15-27(16-20-30)34-35(28-17-21-31(22-18-28)41(3)4)39-37(38-34)29-23-32(25-11-7-5-8-12-25)36(42)33(24-29)26-13-9-6-10-14-26/h7,10-11,16-25,30-31,51H,8-9,12-15,26-29H2,1-6H3;9-28,45H,5-8H2,1-4H3;15-26,42H,5-14H2,1-4H3,(H,38,39). The molecule has 4 saturated carbocycles. The normalized spacial score (nSPS) is 14.8. The minimum Gasteiger partial charge on any atom is -0.507 e. The molecule has 4 fully saturated rings. The van der Waals surface area contributed by atoms with Crippen LogP contribution in [-0.2, 0) is 10.8 Å². The van der Waals surface area contributed by atoms with Crippen molar-refractivity contribution in [3.05, 3.63) is 301 Å². The summed E-state index contributed by atoms with van der Waals surface area (Å²) in [7, 11) is 16.4. The molecule has 0 bridgehead atoms. The Morgan fingerprint density at radius 2 is 0.729 bits per heavy atom. The first-order valence-corrected chi connectivity index (χ1v) is 51.3. The van der Waals surface area contributed by atoms with Crippen LogP contribution in [0.5, 0.6) is 17.2 Å². The van der Waals surface area contributed by atoms with Gasteiger partial charge >= 0.3 is 0 Å². The number of oxazole rings is 1. The Morgan fingerprint density at radius 3 is 1.14 bits per heavy atom. The van der Waals surface area contributed by atoms with Crippen LogP contribution in [0.1, 0.15) is 214 Å². The summed E-state index contributed by atoms with van der Waals surface area (Å²) in [5.41, 5.74) is 27.8. The highest BCUT2D eigenvalue weighted by atomic mass is 16.4. The predicted molar refractivity (Wildman–Crippen MR) is 585 cm³/mol. The molecule has 12 aromatic carbocycles. The maximum atomic E-state index is 15.0. The Kier molecular flexibility index (Phi) is 30.5. The lowest BCUT2D eigenvalue weighted by molar-refractivity contribution is 0.0963. The van der Waals surface area contributed by atoms with Gasteiger partial charge in [-0.15, -0.1) is 0 Å². The molecule has 19 rings (SSSR count). The number of H-pyrrole nitrogens is 1. The van der Waals surface area contributed by atoms with Crippen LogP contribution in [0.25, 0.3) is 124 Å². The minimum absolute atomic E-state index is 0.130. The van der Waals surface area contributed by atoms with Gasteiger partial charge in [-0.25, -0.2) is 15.0 Å². The average molecular weight is 1870 g/mol. The molecule has 16 nitrogen and oxygen atoms in total. The molecule has 4 aliphatic rings. The van der Waals surface area contributed by atoms with Crippen molar-refractivity contribution in [1.29, 1.82) is 0 Å². The van der Waals surface area contributed by atoms with Crippen molar-refractivity contribution in [2.75, 3.05) is 112 Å². The lowest BCUT2D eigenvalue weighted by Crippen LogP contribution is -2.29. The Labute approximate surface area is 830 Å². The van der Waals surface area contributed by atoms with E-state index in [-0.39, 0.29) is 22.5 Å².